The number of aryl methyl sites for hydroxylation is 1. The molecule has 0 saturated carbocycles. The SMILES string of the molecule is Cc1cccc(Cl)c1C(=O)Pc1c(OC(C)(C)C)cc(OC(C)(C)C)cc1OC(C)(C)C.[LiH]. The molecule has 33 heavy (non-hydrogen) atoms. The summed E-state index contributed by atoms with van der Waals surface area (Å²) in [5.41, 5.74) is -0.0174. The second-order valence-electron chi connectivity index (χ2n) is 10.8. The Hall–Kier alpha value is -1.17. The van der Waals surface area contributed by atoms with E-state index < -0.39 is 16.8 Å². The Bertz CT molecular complexity index is 928. The Labute approximate surface area is 218 Å². The van der Waals surface area contributed by atoms with Gasteiger partial charge in [-0.3, -0.25) is 4.79 Å². The molecule has 7 heteroatoms. The van der Waals surface area contributed by atoms with Crippen LogP contribution in [0.25, 0.3) is 0 Å². The zero-order valence-corrected chi connectivity index (χ0v) is 22.7. The molecule has 0 amide bonds. The molecule has 1 atom stereocenters. The van der Waals surface area contributed by atoms with Crippen LogP contribution in [-0.2, 0) is 0 Å². The second-order valence-corrected chi connectivity index (χ2v) is 12.4. The van der Waals surface area contributed by atoms with Crippen LogP contribution in [0.15, 0.2) is 30.3 Å². The topological polar surface area (TPSA) is 44.8 Å². The monoisotopic (exact) mass is 486 g/mol. The quantitative estimate of drug-likeness (QED) is 0.337. The average Bonchev–Trinajstić information content (AvgIpc) is 2.53. The van der Waals surface area contributed by atoms with Gasteiger partial charge in [0.1, 0.15) is 34.1 Å². The van der Waals surface area contributed by atoms with Gasteiger partial charge < -0.3 is 14.2 Å². The summed E-state index contributed by atoms with van der Waals surface area (Å²) in [5.74, 6) is 1.79. The molecule has 0 radical (unpaired) electrons. The van der Waals surface area contributed by atoms with Gasteiger partial charge >= 0.3 is 18.9 Å². The van der Waals surface area contributed by atoms with Gasteiger partial charge in [-0.05, 0) is 89.4 Å². The van der Waals surface area contributed by atoms with Gasteiger partial charge in [0.05, 0.1) is 10.3 Å². The van der Waals surface area contributed by atoms with Crippen molar-refractivity contribution in [2.75, 3.05) is 0 Å². The van der Waals surface area contributed by atoms with E-state index in [0.29, 0.717) is 33.1 Å². The third kappa shape index (κ3) is 9.54. The Morgan fingerprint density at radius 1 is 0.818 bits per heavy atom. The van der Waals surface area contributed by atoms with Crippen molar-refractivity contribution >= 4 is 49.9 Å². The van der Waals surface area contributed by atoms with Crippen molar-refractivity contribution < 1.29 is 19.0 Å². The van der Waals surface area contributed by atoms with E-state index in [1.54, 1.807) is 6.07 Å². The van der Waals surface area contributed by atoms with E-state index in [1.807, 2.05) is 93.5 Å². The first-order valence-corrected chi connectivity index (χ1v) is 12.1. The predicted octanol–water partition coefficient (Wildman–Crippen LogP) is 6.68. The van der Waals surface area contributed by atoms with Gasteiger partial charge in [-0.1, -0.05) is 23.7 Å². The molecule has 2 aromatic carbocycles. The molecule has 1 unspecified atom stereocenters. The molecule has 0 heterocycles. The minimum absolute atomic E-state index is 0. The van der Waals surface area contributed by atoms with Crippen molar-refractivity contribution in [2.24, 2.45) is 0 Å². The van der Waals surface area contributed by atoms with Crippen LogP contribution in [0, 0.1) is 6.92 Å². The molecular weight excluding hydrogens is 450 g/mol. The van der Waals surface area contributed by atoms with Crippen LogP contribution in [0.4, 0.5) is 0 Å². The fraction of sp³-hybridized carbons (Fsp3) is 0.500. The third-order valence-electron chi connectivity index (χ3n) is 3.98. The van der Waals surface area contributed by atoms with Crippen LogP contribution in [0.5, 0.6) is 17.2 Å². The van der Waals surface area contributed by atoms with Gasteiger partial charge in [-0.15, -0.1) is 0 Å². The van der Waals surface area contributed by atoms with Crippen molar-refractivity contribution in [1.29, 1.82) is 0 Å². The first kappa shape index (κ1) is 29.9. The summed E-state index contributed by atoms with van der Waals surface area (Å²) >= 11 is 6.38. The zero-order chi connectivity index (χ0) is 24.5. The summed E-state index contributed by atoms with van der Waals surface area (Å²) < 4.78 is 18.7. The zero-order valence-electron chi connectivity index (χ0n) is 20.9. The Morgan fingerprint density at radius 2 is 1.27 bits per heavy atom. The van der Waals surface area contributed by atoms with E-state index in [9.17, 15) is 4.79 Å². The number of rotatable bonds is 6. The number of ether oxygens (including phenoxy) is 3. The molecule has 0 aliphatic heterocycles. The van der Waals surface area contributed by atoms with E-state index >= 15 is 0 Å². The molecule has 2 rings (SSSR count). The van der Waals surface area contributed by atoms with E-state index in [0.717, 1.165) is 5.56 Å². The molecular formula is C26H37ClLiO4P. The van der Waals surface area contributed by atoms with Crippen LogP contribution in [0.3, 0.4) is 0 Å². The average molecular weight is 487 g/mol. The first-order valence-electron chi connectivity index (χ1n) is 10.8. The Kier molecular flexibility index (Phi) is 10.00. The maximum atomic E-state index is 13.4. The van der Waals surface area contributed by atoms with Crippen LogP contribution in [0.1, 0.15) is 78.2 Å². The van der Waals surface area contributed by atoms with Gasteiger partial charge in [0.2, 0.25) is 0 Å². The number of carbonyl (C=O) groups excluding carboxylic acids is 1. The van der Waals surface area contributed by atoms with E-state index in [2.05, 4.69) is 0 Å². The summed E-state index contributed by atoms with van der Waals surface area (Å²) in [7, 11) is -0.227. The van der Waals surface area contributed by atoms with Gasteiger partial charge in [0.25, 0.3) is 0 Å². The number of halogens is 1. The Morgan fingerprint density at radius 3 is 1.67 bits per heavy atom. The molecule has 178 valence electrons. The molecule has 0 bridgehead atoms. The molecule has 0 aliphatic carbocycles. The van der Waals surface area contributed by atoms with Crippen LogP contribution in [0.2, 0.25) is 5.02 Å². The predicted molar refractivity (Wildman–Crippen MR) is 143 cm³/mol. The standard InChI is InChI=1S/C26H36ClO4P.Li.H/c1-16-12-11-13-18(27)21(16)23(28)32-22-19(30-25(5,6)7)14-17(29-24(2,3)4)15-20(22)31-26(8,9)10;;/h11-15,32H,1-10H3;;. The van der Waals surface area contributed by atoms with Gasteiger partial charge in [0, 0.05) is 17.7 Å². The summed E-state index contributed by atoms with van der Waals surface area (Å²) in [6, 6.07) is 9.18. The second kappa shape index (κ2) is 11.0. The van der Waals surface area contributed by atoms with Crippen molar-refractivity contribution in [3.8, 4) is 17.2 Å². The van der Waals surface area contributed by atoms with Gasteiger partial charge in [-0.25, -0.2) is 0 Å². The van der Waals surface area contributed by atoms with Crippen molar-refractivity contribution in [2.45, 2.75) is 86.0 Å². The van der Waals surface area contributed by atoms with Crippen molar-refractivity contribution in [1.82, 2.24) is 0 Å². The summed E-state index contributed by atoms with van der Waals surface area (Å²) in [6.07, 6.45) is 0. The molecule has 0 saturated heterocycles. The van der Waals surface area contributed by atoms with E-state index in [-0.39, 0.29) is 33.0 Å². The van der Waals surface area contributed by atoms with Gasteiger partial charge in [-0.2, -0.15) is 0 Å². The van der Waals surface area contributed by atoms with Crippen LogP contribution < -0.4 is 19.5 Å². The molecule has 0 aromatic heterocycles. The number of hydrogen-bond acceptors (Lipinski definition) is 4. The summed E-state index contributed by atoms with van der Waals surface area (Å²) in [6.45, 7) is 19.7. The molecule has 2 aromatic rings. The minimum atomic E-state index is -0.470. The van der Waals surface area contributed by atoms with Gasteiger partial charge in [0.15, 0.2) is 5.52 Å². The van der Waals surface area contributed by atoms with E-state index in [1.165, 1.54) is 0 Å². The van der Waals surface area contributed by atoms with Crippen molar-refractivity contribution in [3.63, 3.8) is 0 Å². The van der Waals surface area contributed by atoms with Crippen LogP contribution >= 0.6 is 20.2 Å². The Balaban J connectivity index is 0.00000544. The molecule has 0 fully saturated rings. The molecule has 4 nitrogen and oxygen atoms in total. The van der Waals surface area contributed by atoms with Crippen molar-refractivity contribution in [3.05, 3.63) is 46.5 Å². The fourth-order valence-electron chi connectivity index (χ4n) is 3.02. The summed E-state index contributed by atoms with van der Waals surface area (Å²) in [4.78, 5) is 13.4. The number of benzene rings is 2. The number of hydrogen-bond donors (Lipinski definition) is 0. The fourth-order valence-corrected chi connectivity index (χ4v) is 4.58. The normalized spacial score (nSPS) is 12.5. The molecule has 0 N–H and O–H groups in total. The summed E-state index contributed by atoms with van der Waals surface area (Å²) in [5, 5.41) is 1.16. The molecule has 0 aliphatic rings. The van der Waals surface area contributed by atoms with Crippen LogP contribution in [-0.4, -0.2) is 41.2 Å². The third-order valence-corrected chi connectivity index (χ3v) is 5.52. The number of carbonyl (C=O) groups is 1. The van der Waals surface area contributed by atoms with E-state index in [4.69, 9.17) is 25.8 Å². The maximum absolute atomic E-state index is 13.4. The first-order chi connectivity index (χ1) is 14.5. The molecule has 0 spiro atoms.